The van der Waals surface area contributed by atoms with Crippen LogP contribution in [0.4, 0.5) is 0 Å². The molecule has 0 aliphatic carbocycles. The third kappa shape index (κ3) is 2.00. The first kappa shape index (κ1) is 10.9. The fourth-order valence-electron chi connectivity index (χ4n) is 1.54. The van der Waals surface area contributed by atoms with Crippen LogP contribution in [0.1, 0.15) is 6.92 Å². The number of methoxy groups -OCH3 is 1. The summed E-state index contributed by atoms with van der Waals surface area (Å²) < 4.78 is 10.3. The molecule has 0 spiro atoms. The Bertz CT molecular complexity index is 146. The van der Waals surface area contributed by atoms with Gasteiger partial charge in [0.15, 0.2) is 6.29 Å². The Morgan fingerprint density at radius 1 is 1.54 bits per heavy atom. The molecule has 13 heavy (non-hydrogen) atoms. The van der Waals surface area contributed by atoms with E-state index in [1.54, 1.807) is 6.92 Å². The number of nitrogens with two attached hydrogens (primary N) is 1. The Labute approximate surface area is 77.4 Å². The van der Waals surface area contributed by atoms with Crippen LogP contribution in [0.2, 0.25) is 0 Å². The minimum Gasteiger partial charge on any atom is -0.394 e. The number of aliphatic hydroxyl groups is 2. The van der Waals surface area contributed by atoms with E-state index in [1.165, 1.54) is 7.11 Å². The van der Waals surface area contributed by atoms with Crippen molar-refractivity contribution in [1.82, 2.24) is 0 Å². The first-order valence-electron chi connectivity index (χ1n) is 4.34. The lowest BCUT2D eigenvalue weighted by atomic mass is 9.90. The van der Waals surface area contributed by atoms with E-state index in [1.807, 2.05) is 0 Å². The molecule has 0 aromatic carbocycles. The SMILES string of the molecule is CO[C@@H]1OC(CO)C(C)[C@H](O)C1N. The van der Waals surface area contributed by atoms with Gasteiger partial charge >= 0.3 is 0 Å². The van der Waals surface area contributed by atoms with Crippen LogP contribution in [-0.4, -0.2) is 48.5 Å². The highest BCUT2D eigenvalue weighted by Gasteiger charge is 2.40. The van der Waals surface area contributed by atoms with Gasteiger partial charge in [0.05, 0.1) is 24.9 Å². The number of aliphatic hydroxyl groups excluding tert-OH is 2. The van der Waals surface area contributed by atoms with Crippen molar-refractivity contribution >= 4 is 0 Å². The smallest absolute Gasteiger partial charge is 0.175 e. The Morgan fingerprint density at radius 2 is 2.15 bits per heavy atom. The van der Waals surface area contributed by atoms with Crippen LogP contribution in [0.15, 0.2) is 0 Å². The second kappa shape index (κ2) is 4.34. The summed E-state index contributed by atoms with van der Waals surface area (Å²) in [5, 5.41) is 18.6. The van der Waals surface area contributed by atoms with Crippen LogP contribution >= 0.6 is 0 Å². The molecule has 5 heteroatoms. The van der Waals surface area contributed by atoms with E-state index in [9.17, 15) is 5.11 Å². The monoisotopic (exact) mass is 191 g/mol. The zero-order chi connectivity index (χ0) is 10.0. The van der Waals surface area contributed by atoms with E-state index in [0.29, 0.717) is 0 Å². The largest absolute Gasteiger partial charge is 0.394 e. The summed E-state index contributed by atoms with van der Waals surface area (Å²) in [5.41, 5.74) is 5.66. The molecule has 1 aliphatic heterocycles. The Kier molecular flexibility index (Phi) is 3.63. The summed E-state index contributed by atoms with van der Waals surface area (Å²) in [4.78, 5) is 0. The van der Waals surface area contributed by atoms with E-state index in [2.05, 4.69) is 0 Å². The van der Waals surface area contributed by atoms with Gasteiger partial charge < -0.3 is 25.4 Å². The molecular formula is C8H17NO4. The molecular weight excluding hydrogens is 174 g/mol. The molecule has 1 heterocycles. The lowest BCUT2D eigenvalue weighted by Crippen LogP contribution is -2.58. The summed E-state index contributed by atoms with van der Waals surface area (Å²) in [7, 11) is 1.46. The van der Waals surface area contributed by atoms with E-state index in [-0.39, 0.29) is 12.5 Å². The van der Waals surface area contributed by atoms with Crippen LogP contribution in [0.25, 0.3) is 0 Å². The van der Waals surface area contributed by atoms with Crippen LogP contribution in [0.3, 0.4) is 0 Å². The fourth-order valence-corrected chi connectivity index (χ4v) is 1.54. The van der Waals surface area contributed by atoms with Crippen molar-refractivity contribution in [3.8, 4) is 0 Å². The molecule has 0 aromatic heterocycles. The second-order valence-electron chi connectivity index (χ2n) is 3.39. The molecule has 1 saturated heterocycles. The van der Waals surface area contributed by atoms with Gasteiger partial charge in [-0.1, -0.05) is 6.92 Å². The molecule has 1 fully saturated rings. The summed E-state index contributed by atoms with van der Waals surface area (Å²) in [6.45, 7) is 1.65. The van der Waals surface area contributed by atoms with Crippen molar-refractivity contribution in [3.05, 3.63) is 0 Å². The van der Waals surface area contributed by atoms with Gasteiger partial charge in [-0.2, -0.15) is 0 Å². The molecule has 0 bridgehead atoms. The molecule has 5 atom stereocenters. The van der Waals surface area contributed by atoms with Crippen molar-refractivity contribution in [1.29, 1.82) is 0 Å². The van der Waals surface area contributed by atoms with Crippen molar-refractivity contribution in [3.63, 3.8) is 0 Å². The van der Waals surface area contributed by atoms with Gasteiger partial charge in [-0.25, -0.2) is 0 Å². The molecule has 1 aliphatic rings. The molecule has 78 valence electrons. The number of ether oxygens (including phenoxy) is 2. The van der Waals surface area contributed by atoms with E-state index in [4.69, 9.17) is 20.3 Å². The first-order chi connectivity index (χ1) is 6.11. The van der Waals surface area contributed by atoms with E-state index in [0.717, 1.165) is 0 Å². The number of hydrogen-bond acceptors (Lipinski definition) is 5. The average Bonchev–Trinajstić information content (AvgIpc) is 2.15. The molecule has 0 saturated carbocycles. The van der Waals surface area contributed by atoms with Gasteiger partial charge in [0, 0.05) is 13.0 Å². The highest BCUT2D eigenvalue weighted by atomic mass is 16.7. The zero-order valence-corrected chi connectivity index (χ0v) is 7.88. The summed E-state index contributed by atoms with van der Waals surface area (Å²) in [5.74, 6) is -0.175. The lowest BCUT2D eigenvalue weighted by Gasteiger charge is -2.40. The van der Waals surface area contributed by atoms with Gasteiger partial charge in [-0.15, -0.1) is 0 Å². The van der Waals surface area contributed by atoms with Crippen LogP contribution in [0.5, 0.6) is 0 Å². The maximum Gasteiger partial charge on any atom is 0.175 e. The Morgan fingerprint density at radius 3 is 2.62 bits per heavy atom. The maximum absolute atomic E-state index is 9.65. The highest BCUT2D eigenvalue weighted by molar-refractivity contribution is 4.88. The minimum absolute atomic E-state index is 0.134. The predicted molar refractivity (Wildman–Crippen MR) is 45.9 cm³/mol. The van der Waals surface area contributed by atoms with Gasteiger partial charge in [-0.3, -0.25) is 0 Å². The maximum atomic E-state index is 9.65. The first-order valence-corrected chi connectivity index (χ1v) is 4.34. The summed E-state index contributed by atoms with van der Waals surface area (Å²) in [6.07, 6.45) is -1.74. The molecule has 0 radical (unpaired) electrons. The molecule has 3 unspecified atom stereocenters. The highest BCUT2D eigenvalue weighted by Crippen LogP contribution is 2.24. The van der Waals surface area contributed by atoms with Crippen molar-refractivity contribution in [2.24, 2.45) is 11.7 Å². The quantitative estimate of drug-likeness (QED) is 0.504. The molecule has 0 amide bonds. The predicted octanol–water partition coefficient (Wildman–Crippen LogP) is -1.33. The number of rotatable bonds is 2. The van der Waals surface area contributed by atoms with Crippen molar-refractivity contribution in [2.75, 3.05) is 13.7 Å². The standard InChI is InChI=1S/C8H17NO4/c1-4-5(3-10)13-8(12-2)6(9)7(4)11/h4-8,10-11H,3,9H2,1-2H3/t4?,5?,6?,7-,8+/m0/s1. The van der Waals surface area contributed by atoms with Gasteiger partial charge in [0.2, 0.25) is 0 Å². The Balaban J connectivity index is 2.66. The molecule has 5 nitrogen and oxygen atoms in total. The fraction of sp³-hybridized carbons (Fsp3) is 1.00. The molecule has 1 rings (SSSR count). The van der Waals surface area contributed by atoms with E-state index < -0.39 is 24.5 Å². The second-order valence-corrected chi connectivity index (χ2v) is 3.39. The topological polar surface area (TPSA) is 84.9 Å². The lowest BCUT2D eigenvalue weighted by molar-refractivity contribution is -0.240. The van der Waals surface area contributed by atoms with Gasteiger partial charge in [0.1, 0.15) is 0 Å². The van der Waals surface area contributed by atoms with Crippen molar-refractivity contribution in [2.45, 2.75) is 31.5 Å². The van der Waals surface area contributed by atoms with Crippen molar-refractivity contribution < 1.29 is 19.7 Å². The summed E-state index contributed by atoms with van der Waals surface area (Å²) in [6, 6.07) is -0.553. The third-order valence-electron chi connectivity index (χ3n) is 2.55. The molecule has 0 aromatic rings. The van der Waals surface area contributed by atoms with Crippen LogP contribution < -0.4 is 5.73 Å². The van der Waals surface area contributed by atoms with Crippen LogP contribution in [-0.2, 0) is 9.47 Å². The molecule has 4 N–H and O–H groups in total. The Hall–Kier alpha value is -0.200. The average molecular weight is 191 g/mol. The van der Waals surface area contributed by atoms with E-state index >= 15 is 0 Å². The minimum atomic E-state index is -0.698. The van der Waals surface area contributed by atoms with Gasteiger partial charge in [-0.05, 0) is 0 Å². The zero-order valence-electron chi connectivity index (χ0n) is 7.88. The number of hydrogen-bond donors (Lipinski definition) is 3. The van der Waals surface area contributed by atoms with Crippen LogP contribution in [0, 0.1) is 5.92 Å². The third-order valence-corrected chi connectivity index (χ3v) is 2.55. The summed E-state index contributed by atoms with van der Waals surface area (Å²) >= 11 is 0. The normalized spacial score (nSPS) is 46.4. The van der Waals surface area contributed by atoms with Gasteiger partial charge in [0.25, 0.3) is 0 Å².